The predicted molar refractivity (Wildman–Crippen MR) is 198 cm³/mol. The summed E-state index contributed by atoms with van der Waals surface area (Å²) in [6, 6.07) is 16.3. The summed E-state index contributed by atoms with van der Waals surface area (Å²) in [5, 5.41) is 6.57. The summed E-state index contributed by atoms with van der Waals surface area (Å²) < 4.78 is 5.64. The lowest BCUT2D eigenvalue weighted by molar-refractivity contribution is -0.135. The number of ether oxygens (including phenoxy) is 1. The molecule has 12 nitrogen and oxygen atoms in total. The second-order valence-corrected chi connectivity index (χ2v) is 15.1. The molecule has 2 amide bonds. The zero-order chi connectivity index (χ0) is 35.7. The van der Waals surface area contributed by atoms with Gasteiger partial charge in [0.05, 0.1) is 42.4 Å². The van der Waals surface area contributed by atoms with Gasteiger partial charge in [0, 0.05) is 19.6 Å². The summed E-state index contributed by atoms with van der Waals surface area (Å²) in [4.78, 5) is 51.1. The summed E-state index contributed by atoms with van der Waals surface area (Å²) in [6.45, 7) is 12.7. The summed E-state index contributed by atoms with van der Waals surface area (Å²) in [5.41, 5.74) is 5.58. The van der Waals surface area contributed by atoms with Crippen molar-refractivity contribution in [2.75, 3.05) is 26.2 Å². The van der Waals surface area contributed by atoms with Crippen molar-refractivity contribution >= 4 is 18.0 Å². The van der Waals surface area contributed by atoms with Gasteiger partial charge in [-0.1, -0.05) is 62.4 Å². The first-order valence-corrected chi connectivity index (χ1v) is 18.2. The molecule has 0 spiro atoms. The van der Waals surface area contributed by atoms with Gasteiger partial charge in [0.1, 0.15) is 23.3 Å². The maximum atomic E-state index is 13.8. The Morgan fingerprint density at radius 2 is 1.31 bits per heavy atom. The van der Waals surface area contributed by atoms with Crippen LogP contribution in [0.4, 0.5) is 4.79 Å². The molecule has 268 valence electrons. The zero-order valence-corrected chi connectivity index (χ0v) is 30.2. The van der Waals surface area contributed by atoms with Gasteiger partial charge in [0.15, 0.2) is 5.96 Å². The third-order valence-electron chi connectivity index (χ3n) is 9.86. The normalized spacial score (nSPS) is 19.7. The Balaban J connectivity index is 0.998. The molecule has 3 aliphatic heterocycles. The quantitative estimate of drug-likeness (QED) is 0.167. The van der Waals surface area contributed by atoms with Crippen LogP contribution in [0.5, 0.6) is 0 Å². The van der Waals surface area contributed by atoms with E-state index >= 15 is 0 Å². The highest BCUT2D eigenvalue weighted by Crippen LogP contribution is 2.35. The molecule has 2 fully saturated rings. The number of guanidine groups is 1. The summed E-state index contributed by atoms with van der Waals surface area (Å²) >= 11 is 0. The van der Waals surface area contributed by atoms with E-state index in [-0.39, 0.29) is 36.0 Å². The molecule has 2 saturated heterocycles. The number of nitrogens with zero attached hydrogens (tertiary/aromatic N) is 5. The molecule has 3 atom stereocenters. The Bertz CT molecular complexity index is 1870. The summed E-state index contributed by atoms with van der Waals surface area (Å²) in [7, 11) is 0. The molecule has 7 rings (SSSR count). The van der Waals surface area contributed by atoms with Crippen LogP contribution >= 0.6 is 0 Å². The van der Waals surface area contributed by atoms with E-state index in [0.29, 0.717) is 19.0 Å². The van der Waals surface area contributed by atoms with Crippen LogP contribution in [0.15, 0.2) is 65.9 Å². The van der Waals surface area contributed by atoms with E-state index in [2.05, 4.69) is 93.0 Å². The van der Waals surface area contributed by atoms with Crippen molar-refractivity contribution in [3.63, 3.8) is 0 Å². The second-order valence-electron chi connectivity index (χ2n) is 15.1. The molecule has 0 aliphatic carbocycles. The Kier molecular flexibility index (Phi) is 9.58. The standard InChI is InChI=1S/C39H49N9O3/c1-24(2)33(46-37-40-18-19-41-37)36(49)47-20-6-8-31(47)34-42-22-29(44-34)27-14-10-25(11-15-27)26-12-16-28(17-13-26)30-23-43-35(45-30)32-9-7-21-48(32)38(50)51-39(3,4)5/h10-17,22-24,31-33H,6-9,18-21H2,1-5H3,(H,42,44)(H,43,45)(H2,40,41,46)/t31-,32+,33+/m0/s1. The monoisotopic (exact) mass is 691 g/mol. The predicted octanol–water partition coefficient (Wildman–Crippen LogP) is 6.44. The molecule has 0 radical (unpaired) electrons. The molecule has 0 bridgehead atoms. The molecular formula is C39H49N9O3. The molecule has 3 aliphatic rings. The maximum absolute atomic E-state index is 13.8. The molecule has 12 heteroatoms. The van der Waals surface area contributed by atoms with Crippen molar-refractivity contribution in [3.05, 3.63) is 72.6 Å². The van der Waals surface area contributed by atoms with Crippen molar-refractivity contribution in [2.24, 2.45) is 10.9 Å². The largest absolute Gasteiger partial charge is 0.444 e. The number of imidazole rings is 2. The van der Waals surface area contributed by atoms with Gasteiger partial charge in [-0.25, -0.2) is 14.8 Å². The first-order chi connectivity index (χ1) is 24.5. The van der Waals surface area contributed by atoms with E-state index in [4.69, 9.17) is 9.72 Å². The van der Waals surface area contributed by atoms with E-state index in [1.165, 1.54) is 0 Å². The Hall–Kier alpha value is -5.13. The number of likely N-dealkylation sites (tertiary alicyclic amines) is 2. The lowest BCUT2D eigenvalue weighted by Crippen LogP contribution is -2.53. The van der Waals surface area contributed by atoms with E-state index < -0.39 is 5.60 Å². The van der Waals surface area contributed by atoms with Crippen LogP contribution in [0, 0.1) is 5.92 Å². The number of rotatable bonds is 8. The SMILES string of the molecule is CC(C)[C@@H](NC1=NCCN1)C(=O)N1CCC[C@H]1c1ncc(-c2ccc(-c3ccc(-c4cnc([C@H]5CCCN5C(=O)OC(C)(C)C)[nH]4)cc3)cc2)[nH]1. The number of H-pyrrole nitrogens is 2. The van der Waals surface area contributed by atoms with Crippen LogP contribution in [-0.4, -0.2) is 85.5 Å². The first kappa shape index (κ1) is 34.3. The van der Waals surface area contributed by atoms with Gasteiger partial charge in [-0.15, -0.1) is 0 Å². The molecule has 0 saturated carbocycles. The number of hydrogen-bond acceptors (Lipinski definition) is 8. The minimum absolute atomic E-state index is 0.0846. The highest BCUT2D eigenvalue weighted by Gasteiger charge is 2.38. The van der Waals surface area contributed by atoms with Gasteiger partial charge in [-0.05, 0) is 74.6 Å². The van der Waals surface area contributed by atoms with Gasteiger partial charge < -0.3 is 30.2 Å². The second kappa shape index (κ2) is 14.2. The van der Waals surface area contributed by atoms with E-state index in [1.54, 1.807) is 4.90 Å². The van der Waals surface area contributed by atoms with Crippen LogP contribution < -0.4 is 10.6 Å². The fourth-order valence-corrected chi connectivity index (χ4v) is 7.23. The number of aliphatic imine (C=N–C) groups is 1. The molecular weight excluding hydrogens is 642 g/mol. The number of carbonyl (C=O) groups is 2. The molecule has 2 aromatic heterocycles. The number of aromatic amines is 2. The summed E-state index contributed by atoms with van der Waals surface area (Å²) in [6.07, 6.45) is 7.00. The average Bonchev–Trinajstić information content (AvgIpc) is 3.95. The van der Waals surface area contributed by atoms with Crippen LogP contribution in [0.2, 0.25) is 0 Å². The van der Waals surface area contributed by atoms with E-state index in [9.17, 15) is 9.59 Å². The number of carbonyl (C=O) groups excluding carboxylic acids is 2. The van der Waals surface area contributed by atoms with Gasteiger partial charge >= 0.3 is 6.09 Å². The Morgan fingerprint density at radius 3 is 1.80 bits per heavy atom. The molecule has 2 aromatic carbocycles. The fraction of sp³-hybridized carbons (Fsp3) is 0.462. The maximum Gasteiger partial charge on any atom is 0.410 e. The third kappa shape index (κ3) is 7.50. The van der Waals surface area contributed by atoms with E-state index in [0.717, 1.165) is 84.1 Å². The van der Waals surface area contributed by atoms with Crippen molar-refractivity contribution in [3.8, 4) is 33.6 Å². The van der Waals surface area contributed by atoms with Gasteiger partial charge in [0.25, 0.3) is 0 Å². The highest BCUT2D eigenvalue weighted by molar-refractivity contribution is 5.90. The minimum atomic E-state index is -0.539. The number of benzene rings is 2. The fourth-order valence-electron chi connectivity index (χ4n) is 7.23. The molecule has 4 aromatic rings. The lowest BCUT2D eigenvalue weighted by atomic mass is 10.0. The van der Waals surface area contributed by atoms with Gasteiger partial charge in [-0.3, -0.25) is 14.7 Å². The lowest BCUT2D eigenvalue weighted by Gasteiger charge is -2.30. The smallest absolute Gasteiger partial charge is 0.410 e. The topological polar surface area (TPSA) is 144 Å². The van der Waals surface area contributed by atoms with Gasteiger partial charge in [0.2, 0.25) is 5.91 Å². The number of amides is 2. The molecule has 0 unspecified atom stereocenters. The molecule has 4 N–H and O–H groups in total. The van der Waals surface area contributed by atoms with E-state index in [1.807, 2.05) is 38.1 Å². The highest BCUT2D eigenvalue weighted by atomic mass is 16.6. The summed E-state index contributed by atoms with van der Waals surface area (Å²) in [5.74, 6) is 2.51. The average molecular weight is 692 g/mol. The van der Waals surface area contributed by atoms with Crippen molar-refractivity contribution in [1.82, 2.24) is 40.4 Å². The molecule has 5 heterocycles. The molecule has 51 heavy (non-hydrogen) atoms. The number of nitrogens with one attached hydrogen (secondary N) is 4. The minimum Gasteiger partial charge on any atom is -0.444 e. The number of aromatic nitrogens is 4. The van der Waals surface area contributed by atoms with Crippen LogP contribution in [-0.2, 0) is 9.53 Å². The Labute approximate surface area is 299 Å². The van der Waals surface area contributed by atoms with Crippen LogP contribution in [0.3, 0.4) is 0 Å². The number of hydrogen-bond donors (Lipinski definition) is 4. The van der Waals surface area contributed by atoms with Crippen molar-refractivity contribution < 1.29 is 14.3 Å². The van der Waals surface area contributed by atoms with Crippen molar-refractivity contribution in [2.45, 2.75) is 84.0 Å². The van der Waals surface area contributed by atoms with Crippen LogP contribution in [0.1, 0.15) is 84.0 Å². The van der Waals surface area contributed by atoms with Crippen molar-refractivity contribution in [1.29, 1.82) is 0 Å². The first-order valence-electron chi connectivity index (χ1n) is 18.2. The van der Waals surface area contributed by atoms with Crippen LogP contribution in [0.25, 0.3) is 33.6 Å². The Morgan fingerprint density at radius 1 is 0.804 bits per heavy atom. The zero-order valence-electron chi connectivity index (χ0n) is 30.2. The third-order valence-corrected chi connectivity index (χ3v) is 9.86. The van der Waals surface area contributed by atoms with Gasteiger partial charge in [-0.2, -0.15) is 0 Å².